The second-order valence-electron chi connectivity index (χ2n) is 4.71. The Labute approximate surface area is 119 Å². The molecule has 0 bridgehead atoms. The van der Waals surface area contributed by atoms with Gasteiger partial charge < -0.3 is 9.32 Å². The molecule has 19 heavy (non-hydrogen) atoms. The number of furan rings is 1. The summed E-state index contributed by atoms with van der Waals surface area (Å²) in [4.78, 5) is 14.2. The summed E-state index contributed by atoms with van der Waals surface area (Å²) in [5.41, 5.74) is 1.10. The van der Waals surface area contributed by atoms with Crippen LogP contribution in [-0.2, 0) is 0 Å². The molecule has 0 spiro atoms. The van der Waals surface area contributed by atoms with Crippen molar-refractivity contribution in [3.8, 4) is 0 Å². The number of halogens is 1. The number of likely N-dealkylation sites (tertiary alicyclic amines) is 1. The standard InChI is InChI=1S/C13H14BrN3O2/c14-12-4-3-11(19-12)13(18)17-7-1-2-9(8-17)10-5-6-15-16-10/h3-6,9H,1-2,7-8H2,(H,15,16). The van der Waals surface area contributed by atoms with E-state index in [2.05, 4.69) is 26.1 Å². The number of hydrogen-bond donors (Lipinski definition) is 1. The summed E-state index contributed by atoms with van der Waals surface area (Å²) in [6.07, 6.45) is 3.82. The molecule has 1 saturated heterocycles. The van der Waals surface area contributed by atoms with Gasteiger partial charge in [-0.25, -0.2) is 0 Å². The van der Waals surface area contributed by atoms with Gasteiger partial charge in [0.2, 0.25) is 0 Å². The number of rotatable bonds is 2. The molecule has 1 aliphatic rings. The normalized spacial score (nSPS) is 19.6. The Morgan fingerprint density at radius 2 is 2.37 bits per heavy atom. The zero-order valence-electron chi connectivity index (χ0n) is 10.3. The number of nitrogens with one attached hydrogen (secondary N) is 1. The third kappa shape index (κ3) is 2.58. The largest absolute Gasteiger partial charge is 0.444 e. The molecule has 5 nitrogen and oxygen atoms in total. The lowest BCUT2D eigenvalue weighted by molar-refractivity contribution is 0.0672. The third-order valence-electron chi connectivity index (χ3n) is 3.45. The Hall–Kier alpha value is -1.56. The lowest BCUT2D eigenvalue weighted by Crippen LogP contribution is -2.39. The number of aromatic nitrogens is 2. The number of H-pyrrole nitrogens is 1. The van der Waals surface area contributed by atoms with Crippen molar-refractivity contribution in [2.45, 2.75) is 18.8 Å². The van der Waals surface area contributed by atoms with E-state index in [1.807, 2.05) is 11.0 Å². The summed E-state index contributed by atoms with van der Waals surface area (Å²) >= 11 is 3.22. The van der Waals surface area contributed by atoms with Gasteiger partial charge in [-0.3, -0.25) is 9.89 Å². The Balaban J connectivity index is 1.73. The van der Waals surface area contributed by atoms with Crippen LogP contribution in [0.1, 0.15) is 35.0 Å². The molecule has 6 heteroatoms. The Kier molecular flexibility index (Phi) is 3.42. The van der Waals surface area contributed by atoms with Gasteiger partial charge in [0.15, 0.2) is 10.4 Å². The first-order valence-electron chi connectivity index (χ1n) is 6.28. The summed E-state index contributed by atoms with van der Waals surface area (Å²) in [6.45, 7) is 1.49. The van der Waals surface area contributed by atoms with Gasteiger partial charge in [0.1, 0.15) is 0 Å². The van der Waals surface area contributed by atoms with E-state index in [1.54, 1.807) is 18.3 Å². The maximum atomic E-state index is 12.3. The first-order chi connectivity index (χ1) is 9.24. The van der Waals surface area contributed by atoms with Crippen LogP contribution in [0.15, 0.2) is 33.5 Å². The number of hydrogen-bond acceptors (Lipinski definition) is 3. The van der Waals surface area contributed by atoms with Crippen molar-refractivity contribution in [2.24, 2.45) is 0 Å². The van der Waals surface area contributed by atoms with Crippen molar-refractivity contribution in [3.05, 3.63) is 40.5 Å². The van der Waals surface area contributed by atoms with Crippen LogP contribution in [0.4, 0.5) is 0 Å². The SMILES string of the molecule is O=C(c1ccc(Br)o1)N1CCCC(c2ccn[nH]2)C1. The van der Waals surface area contributed by atoms with Crippen molar-refractivity contribution in [1.29, 1.82) is 0 Å². The fourth-order valence-corrected chi connectivity index (χ4v) is 2.80. The van der Waals surface area contributed by atoms with Crippen LogP contribution in [-0.4, -0.2) is 34.1 Å². The minimum absolute atomic E-state index is 0.0464. The van der Waals surface area contributed by atoms with Gasteiger partial charge in [0.05, 0.1) is 0 Å². The summed E-state index contributed by atoms with van der Waals surface area (Å²) in [5, 5.41) is 6.97. The van der Waals surface area contributed by atoms with Crippen LogP contribution in [0.5, 0.6) is 0 Å². The molecule has 100 valence electrons. The van der Waals surface area contributed by atoms with Gasteiger partial charge in [-0.1, -0.05) is 0 Å². The molecular formula is C13H14BrN3O2. The molecule has 0 radical (unpaired) electrons. The average molecular weight is 324 g/mol. The number of piperidine rings is 1. The molecule has 1 N–H and O–H groups in total. The molecule has 1 unspecified atom stereocenters. The summed E-state index contributed by atoms with van der Waals surface area (Å²) < 4.78 is 5.91. The van der Waals surface area contributed by atoms with Crippen LogP contribution in [0.3, 0.4) is 0 Å². The van der Waals surface area contributed by atoms with Gasteiger partial charge in [-0.15, -0.1) is 0 Å². The Morgan fingerprint density at radius 1 is 1.47 bits per heavy atom. The van der Waals surface area contributed by atoms with Crippen molar-refractivity contribution >= 4 is 21.8 Å². The maximum Gasteiger partial charge on any atom is 0.289 e. The topological polar surface area (TPSA) is 62.1 Å². The first-order valence-corrected chi connectivity index (χ1v) is 7.07. The van der Waals surface area contributed by atoms with Crippen molar-refractivity contribution < 1.29 is 9.21 Å². The molecular weight excluding hydrogens is 310 g/mol. The third-order valence-corrected chi connectivity index (χ3v) is 3.88. The first kappa shape index (κ1) is 12.5. The quantitative estimate of drug-likeness (QED) is 0.924. The highest BCUT2D eigenvalue weighted by molar-refractivity contribution is 9.10. The Morgan fingerprint density at radius 3 is 3.05 bits per heavy atom. The summed E-state index contributed by atoms with van der Waals surface area (Å²) in [5.74, 6) is 0.672. The molecule has 1 atom stereocenters. The number of nitrogens with zero attached hydrogens (tertiary/aromatic N) is 2. The molecule has 2 aromatic heterocycles. The van der Waals surface area contributed by atoms with Gasteiger partial charge in [-0.2, -0.15) is 5.10 Å². The van der Waals surface area contributed by atoms with Crippen LogP contribution in [0, 0.1) is 0 Å². The molecule has 3 rings (SSSR count). The van der Waals surface area contributed by atoms with Gasteiger partial charge in [0.25, 0.3) is 5.91 Å². The van der Waals surface area contributed by atoms with Crippen molar-refractivity contribution in [1.82, 2.24) is 15.1 Å². The number of carbonyl (C=O) groups excluding carboxylic acids is 1. The second-order valence-corrected chi connectivity index (χ2v) is 5.49. The molecule has 1 fully saturated rings. The highest BCUT2D eigenvalue weighted by Crippen LogP contribution is 2.26. The minimum Gasteiger partial charge on any atom is -0.444 e. The van der Waals surface area contributed by atoms with E-state index in [9.17, 15) is 4.79 Å². The molecule has 3 heterocycles. The van der Waals surface area contributed by atoms with E-state index in [-0.39, 0.29) is 5.91 Å². The van der Waals surface area contributed by atoms with E-state index in [4.69, 9.17) is 4.42 Å². The Bertz CT molecular complexity index is 564. The highest BCUT2D eigenvalue weighted by atomic mass is 79.9. The predicted octanol–water partition coefficient (Wildman–Crippen LogP) is 2.79. The van der Waals surface area contributed by atoms with Gasteiger partial charge >= 0.3 is 0 Å². The average Bonchev–Trinajstić information content (AvgIpc) is 3.09. The minimum atomic E-state index is -0.0464. The van der Waals surface area contributed by atoms with E-state index < -0.39 is 0 Å². The lowest BCUT2D eigenvalue weighted by atomic mass is 9.95. The summed E-state index contributed by atoms with van der Waals surface area (Å²) in [7, 11) is 0. The van der Waals surface area contributed by atoms with Crippen LogP contribution >= 0.6 is 15.9 Å². The zero-order chi connectivity index (χ0) is 13.2. The maximum absolute atomic E-state index is 12.3. The molecule has 1 aliphatic heterocycles. The van der Waals surface area contributed by atoms with Crippen LogP contribution < -0.4 is 0 Å². The fourth-order valence-electron chi connectivity index (χ4n) is 2.49. The molecule has 2 aromatic rings. The number of carbonyl (C=O) groups is 1. The molecule has 0 aromatic carbocycles. The predicted molar refractivity (Wildman–Crippen MR) is 72.9 cm³/mol. The monoisotopic (exact) mass is 323 g/mol. The van der Waals surface area contributed by atoms with E-state index >= 15 is 0 Å². The molecule has 1 amide bonds. The number of amides is 1. The van der Waals surface area contributed by atoms with Crippen LogP contribution in [0.25, 0.3) is 0 Å². The summed E-state index contributed by atoms with van der Waals surface area (Å²) in [6, 6.07) is 5.41. The smallest absolute Gasteiger partial charge is 0.289 e. The fraction of sp³-hybridized carbons (Fsp3) is 0.385. The van der Waals surface area contributed by atoms with E-state index in [0.29, 0.717) is 22.9 Å². The lowest BCUT2D eigenvalue weighted by Gasteiger charge is -2.31. The second kappa shape index (κ2) is 5.21. The van der Waals surface area contributed by atoms with E-state index in [1.165, 1.54) is 0 Å². The van der Waals surface area contributed by atoms with E-state index in [0.717, 1.165) is 25.1 Å². The zero-order valence-corrected chi connectivity index (χ0v) is 11.9. The van der Waals surface area contributed by atoms with Crippen molar-refractivity contribution in [2.75, 3.05) is 13.1 Å². The molecule has 0 aliphatic carbocycles. The highest BCUT2D eigenvalue weighted by Gasteiger charge is 2.27. The number of aromatic amines is 1. The van der Waals surface area contributed by atoms with Crippen LogP contribution in [0.2, 0.25) is 0 Å². The molecule has 0 saturated carbocycles. The van der Waals surface area contributed by atoms with Gasteiger partial charge in [0, 0.05) is 30.9 Å². The van der Waals surface area contributed by atoms with Gasteiger partial charge in [-0.05, 0) is 47.0 Å². The van der Waals surface area contributed by atoms with Crippen molar-refractivity contribution in [3.63, 3.8) is 0 Å².